The highest BCUT2D eigenvalue weighted by Gasteiger charge is 2.08. The van der Waals surface area contributed by atoms with Crippen molar-refractivity contribution in [3.8, 4) is 0 Å². The molecule has 3 aromatic rings. The molecule has 0 aliphatic rings. The lowest BCUT2D eigenvalue weighted by atomic mass is 10.3. The summed E-state index contributed by atoms with van der Waals surface area (Å²) < 4.78 is 0.967. The third kappa shape index (κ3) is 4.14. The molecule has 1 aromatic heterocycles. The Bertz CT molecular complexity index is 806. The highest BCUT2D eigenvalue weighted by molar-refractivity contribution is 9.10. The van der Waals surface area contributed by atoms with Crippen molar-refractivity contribution in [1.29, 1.82) is 0 Å². The number of carbonyl (C=O) groups is 1. The lowest BCUT2D eigenvalue weighted by Gasteiger charge is -2.07. The van der Waals surface area contributed by atoms with Crippen LogP contribution in [0.15, 0.2) is 71.2 Å². The number of aromatic nitrogens is 2. The maximum atomic E-state index is 12.1. The second kappa shape index (κ2) is 7.02. The van der Waals surface area contributed by atoms with Gasteiger partial charge in [-0.3, -0.25) is 4.79 Å². The largest absolute Gasteiger partial charge is 0.339 e. The number of nitrogens with one attached hydrogen (secondary N) is 2. The van der Waals surface area contributed by atoms with Crippen molar-refractivity contribution < 1.29 is 4.79 Å². The molecule has 5 nitrogen and oxygen atoms in total. The number of hydrogen-bond acceptors (Lipinski definition) is 4. The van der Waals surface area contributed by atoms with E-state index in [-0.39, 0.29) is 11.6 Å². The van der Waals surface area contributed by atoms with Crippen molar-refractivity contribution in [1.82, 2.24) is 10.2 Å². The van der Waals surface area contributed by atoms with Crippen LogP contribution in [0.3, 0.4) is 0 Å². The van der Waals surface area contributed by atoms with Gasteiger partial charge < -0.3 is 10.6 Å². The molecule has 3 rings (SSSR count). The standard InChI is InChI=1S/C17H13BrN4O/c18-12-5-4-8-14(11-12)19-16-10-9-15(21-22-16)17(23)20-13-6-2-1-3-7-13/h1-11H,(H,19,22)(H,20,23). The number of amides is 1. The fourth-order valence-electron chi connectivity index (χ4n) is 1.95. The first-order chi connectivity index (χ1) is 11.2. The summed E-state index contributed by atoms with van der Waals surface area (Å²) in [6.07, 6.45) is 0. The number of rotatable bonds is 4. The Morgan fingerprint density at radius 3 is 2.35 bits per heavy atom. The van der Waals surface area contributed by atoms with E-state index in [4.69, 9.17) is 0 Å². The van der Waals surface area contributed by atoms with Crippen molar-refractivity contribution in [3.05, 3.63) is 76.9 Å². The summed E-state index contributed by atoms with van der Waals surface area (Å²) in [6, 6.07) is 20.3. The summed E-state index contributed by atoms with van der Waals surface area (Å²) in [5, 5.41) is 13.9. The van der Waals surface area contributed by atoms with Gasteiger partial charge in [0, 0.05) is 15.8 Å². The van der Waals surface area contributed by atoms with Crippen molar-refractivity contribution >= 4 is 39.0 Å². The van der Waals surface area contributed by atoms with Gasteiger partial charge in [0.25, 0.3) is 5.91 Å². The second-order valence-corrected chi connectivity index (χ2v) is 5.67. The maximum Gasteiger partial charge on any atom is 0.276 e. The molecular weight excluding hydrogens is 356 g/mol. The molecule has 0 radical (unpaired) electrons. The van der Waals surface area contributed by atoms with Gasteiger partial charge in [0.05, 0.1) is 0 Å². The predicted octanol–water partition coefficient (Wildman–Crippen LogP) is 4.24. The summed E-state index contributed by atoms with van der Waals surface area (Å²) >= 11 is 3.41. The van der Waals surface area contributed by atoms with Gasteiger partial charge in [-0.1, -0.05) is 40.2 Å². The number of nitrogens with zero attached hydrogens (tertiary/aromatic N) is 2. The lowest BCUT2D eigenvalue weighted by molar-refractivity contribution is 0.102. The fraction of sp³-hybridized carbons (Fsp3) is 0. The molecule has 0 saturated carbocycles. The molecule has 0 aliphatic heterocycles. The van der Waals surface area contributed by atoms with Crippen molar-refractivity contribution in [3.63, 3.8) is 0 Å². The molecule has 23 heavy (non-hydrogen) atoms. The third-order valence-electron chi connectivity index (χ3n) is 3.03. The number of hydrogen-bond donors (Lipinski definition) is 2. The van der Waals surface area contributed by atoms with Crippen LogP contribution in [-0.4, -0.2) is 16.1 Å². The van der Waals surface area contributed by atoms with Gasteiger partial charge in [-0.25, -0.2) is 0 Å². The zero-order valence-corrected chi connectivity index (χ0v) is 13.6. The Labute approximate surface area is 141 Å². The molecular formula is C17H13BrN4O. The molecule has 1 heterocycles. The van der Waals surface area contributed by atoms with Gasteiger partial charge in [0.2, 0.25) is 0 Å². The SMILES string of the molecule is O=C(Nc1ccccc1)c1ccc(Nc2cccc(Br)c2)nn1. The van der Waals surface area contributed by atoms with Crippen LogP contribution in [0.25, 0.3) is 0 Å². The molecule has 0 fully saturated rings. The average Bonchev–Trinajstić information content (AvgIpc) is 2.56. The molecule has 0 spiro atoms. The smallest absolute Gasteiger partial charge is 0.276 e. The van der Waals surface area contributed by atoms with Crippen LogP contribution in [0.4, 0.5) is 17.2 Å². The predicted molar refractivity (Wildman–Crippen MR) is 93.9 cm³/mol. The summed E-state index contributed by atoms with van der Waals surface area (Å²) in [6.45, 7) is 0. The van der Waals surface area contributed by atoms with Crippen molar-refractivity contribution in [2.24, 2.45) is 0 Å². The summed E-state index contributed by atoms with van der Waals surface area (Å²) in [5.41, 5.74) is 1.86. The van der Waals surface area contributed by atoms with Crippen LogP contribution in [0.2, 0.25) is 0 Å². The minimum absolute atomic E-state index is 0.258. The van der Waals surface area contributed by atoms with Crippen LogP contribution in [0.5, 0.6) is 0 Å². The van der Waals surface area contributed by atoms with Crippen LogP contribution >= 0.6 is 15.9 Å². The Hall–Kier alpha value is -2.73. The first-order valence-corrected chi connectivity index (χ1v) is 7.73. The van der Waals surface area contributed by atoms with E-state index >= 15 is 0 Å². The highest BCUT2D eigenvalue weighted by atomic mass is 79.9. The Balaban J connectivity index is 1.68. The van der Waals surface area contributed by atoms with Gasteiger partial charge >= 0.3 is 0 Å². The van der Waals surface area contributed by atoms with Crippen LogP contribution in [0.1, 0.15) is 10.5 Å². The molecule has 1 amide bonds. The normalized spacial score (nSPS) is 10.1. The Kier molecular flexibility index (Phi) is 4.63. The van der Waals surface area contributed by atoms with Crippen molar-refractivity contribution in [2.45, 2.75) is 0 Å². The zero-order valence-electron chi connectivity index (χ0n) is 12.0. The van der Waals surface area contributed by atoms with E-state index in [0.717, 1.165) is 15.8 Å². The monoisotopic (exact) mass is 368 g/mol. The molecule has 114 valence electrons. The Morgan fingerprint density at radius 1 is 0.870 bits per heavy atom. The Morgan fingerprint density at radius 2 is 1.65 bits per heavy atom. The number of benzene rings is 2. The first-order valence-electron chi connectivity index (χ1n) is 6.93. The van der Waals surface area contributed by atoms with Crippen LogP contribution < -0.4 is 10.6 Å². The zero-order chi connectivity index (χ0) is 16.1. The first kappa shape index (κ1) is 15.2. The van der Waals surface area contributed by atoms with E-state index in [1.54, 1.807) is 12.1 Å². The minimum atomic E-state index is -0.294. The quantitative estimate of drug-likeness (QED) is 0.722. The molecule has 2 N–H and O–H groups in total. The van der Waals surface area contributed by atoms with Crippen LogP contribution in [-0.2, 0) is 0 Å². The molecule has 2 aromatic carbocycles. The molecule has 0 unspecified atom stereocenters. The number of halogens is 1. The molecule has 6 heteroatoms. The topological polar surface area (TPSA) is 66.9 Å². The fourth-order valence-corrected chi connectivity index (χ4v) is 2.35. The van der Waals surface area contributed by atoms with Crippen molar-refractivity contribution in [2.75, 3.05) is 10.6 Å². The van der Waals surface area contributed by atoms with Gasteiger partial charge in [-0.15, -0.1) is 10.2 Å². The summed E-state index contributed by atoms with van der Waals surface area (Å²) in [4.78, 5) is 12.1. The maximum absolute atomic E-state index is 12.1. The molecule has 0 saturated heterocycles. The van der Waals surface area contributed by atoms with Crippen LogP contribution in [0, 0.1) is 0 Å². The molecule has 0 atom stereocenters. The summed E-state index contributed by atoms with van der Waals surface area (Å²) in [7, 11) is 0. The van der Waals surface area contributed by atoms with E-state index in [2.05, 4.69) is 36.8 Å². The van der Waals surface area contributed by atoms with E-state index < -0.39 is 0 Å². The lowest BCUT2D eigenvalue weighted by Crippen LogP contribution is -2.14. The average molecular weight is 369 g/mol. The van der Waals surface area contributed by atoms with Gasteiger partial charge in [0.1, 0.15) is 0 Å². The second-order valence-electron chi connectivity index (χ2n) is 4.76. The highest BCUT2D eigenvalue weighted by Crippen LogP contribution is 2.19. The van der Waals surface area contributed by atoms with Gasteiger partial charge in [-0.2, -0.15) is 0 Å². The van der Waals surface area contributed by atoms with E-state index in [9.17, 15) is 4.79 Å². The van der Waals surface area contributed by atoms with Gasteiger partial charge in [-0.05, 0) is 42.5 Å². The van der Waals surface area contributed by atoms with E-state index in [1.807, 2.05) is 54.6 Å². The summed E-state index contributed by atoms with van der Waals surface area (Å²) in [5.74, 6) is 0.275. The minimum Gasteiger partial charge on any atom is -0.339 e. The number of anilines is 3. The van der Waals surface area contributed by atoms with E-state index in [0.29, 0.717) is 5.82 Å². The molecule has 0 bridgehead atoms. The number of carbonyl (C=O) groups excluding carboxylic acids is 1. The van der Waals surface area contributed by atoms with E-state index in [1.165, 1.54) is 0 Å². The van der Waals surface area contributed by atoms with Gasteiger partial charge in [0.15, 0.2) is 11.5 Å². The third-order valence-corrected chi connectivity index (χ3v) is 3.52. The number of para-hydroxylation sites is 1. The molecule has 0 aliphatic carbocycles.